The highest BCUT2D eigenvalue weighted by atomic mass is 16.4. The van der Waals surface area contributed by atoms with Gasteiger partial charge in [-0.3, -0.25) is 19.2 Å². The van der Waals surface area contributed by atoms with Crippen molar-refractivity contribution < 1.29 is 34.2 Å². The predicted octanol–water partition coefficient (Wildman–Crippen LogP) is 0.0756. The van der Waals surface area contributed by atoms with Gasteiger partial charge >= 0.3 is 11.9 Å². The molecule has 0 rings (SSSR count). The van der Waals surface area contributed by atoms with Gasteiger partial charge in [0.05, 0.1) is 12.5 Å². The van der Waals surface area contributed by atoms with Crippen LogP contribution < -0.4 is 21.7 Å². The lowest BCUT2D eigenvalue weighted by Crippen LogP contribution is -2.60. The minimum atomic E-state index is -1.33. The maximum Gasteiger partial charge on any atom is 0.326 e. The van der Waals surface area contributed by atoms with Crippen LogP contribution in [0.1, 0.15) is 60.8 Å². The summed E-state index contributed by atoms with van der Waals surface area (Å²) >= 11 is 0. The molecule has 0 aromatic heterocycles. The maximum atomic E-state index is 12.9. The topological polar surface area (TPSA) is 188 Å². The first kappa shape index (κ1) is 29.3. The fourth-order valence-corrected chi connectivity index (χ4v) is 2.98. The minimum absolute atomic E-state index is 0.0311. The zero-order valence-corrected chi connectivity index (χ0v) is 19.7. The number of carboxylic acid groups (broad SMARTS) is 2. The molecule has 32 heavy (non-hydrogen) atoms. The van der Waals surface area contributed by atoms with Crippen LogP contribution in [-0.4, -0.2) is 64.0 Å². The van der Waals surface area contributed by atoms with Crippen molar-refractivity contribution in [2.24, 2.45) is 23.5 Å². The van der Waals surface area contributed by atoms with Crippen molar-refractivity contribution in [3.63, 3.8) is 0 Å². The first-order valence-electron chi connectivity index (χ1n) is 10.8. The van der Waals surface area contributed by atoms with Gasteiger partial charge in [-0.25, -0.2) is 4.79 Å². The van der Waals surface area contributed by atoms with Gasteiger partial charge in [0.25, 0.3) is 0 Å². The molecule has 11 nitrogen and oxygen atoms in total. The number of carbonyl (C=O) groups excluding carboxylic acids is 3. The number of carbonyl (C=O) groups is 5. The second-order valence-corrected chi connectivity index (χ2v) is 8.84. The van der Waals surface area contributed by atoms with Gasteiger partial charge in [0.2, 0.25) is 17.7 Å². The highest BCUT2D eigenvalue weighted by molar-refractivity contribution is 5.95. The van der Waals surface area contributed by atoms with Crippen molar-refractivity contribution in [2.75, 3.05) is 0 Å². The van der Waals surface area contributed by atoms with E-state index in [-0.39, 0.29) is 24.2 Å². The van der Waals surface area contributed by atoms with Crippen molar-refractivity contribution in [1.29, 1.82) is 0 Å². The summed E-state index contributed by atoms with van der Waals surface area (Å²) in [6.07, 6.45) is 0.166. The monoisotopic (exact) mass is 458 g/mol. The molecule has 7 N–H and O–H groups in total. The highest BCUT2D eigenvalue weighted by Gasteiger charge is 2.34. The highest BCUT2D eigenvalue weighted by Crippen LogP contribution is 2.12. The van der Waals surface area contributed by atoms with Crippen molar-refractivity contribution >= 4 is 29.7 Å². The third-order valence-electron chi connectivity index (χ3n) is 5.09. The van der Waals surface area contributed by atoms with Crippen LogP contribution in [0.3, 0.4) is 0 Å². The summed E-state index contributed by atoms with van der Waals surface area (Å²) in [6.45, 7) is 10.6. The van der Waals surface area contributed by atoms with Gasteiger partial charge in [0.1, 0.15) is 18.1 Å². The average Bonchev–Trinajstić information content (AvgIpc) is 2.67. The molecule has 0 bridgehead atoms. The Morgan fingerprint density at radius 3 is 1.72 bits per heavy atom. The molecule has 0 aliphatic carbocycles. The van der Waals surface area contributed by atoms with Crippen molar-refractivity contribution in [1.82, 2.24) is 16.0 Å². The van der Waals surface area contributed by atoms with E-state index in [1.807, 2.05) is 20.8 Å². The molecule has 0 saturated heterocycles. The van der Waals surface area contributed by atoms with Crippen LogP contribution >= 0.6 is 0 Å². The number of carboxylic acids is 2. The Labute approximate surface area is 188 Å². The molecule has 0 aromatic rings. The third kappa shape index (κ3) is 10.1. The fourth-order valence-electron chi connectivity index (χ4n) is 2.98. The first-order chi connectivity index (χ1) is 14.7. The molecule has 3 amide bonds. The molecule has 0 radical (unpaired) electrons. The van der Waals surface area contributed by atoms with E-state index in [0.29, 0.717) is 6.42 Å². The SMILES string of the molecule is CCC(C)C(NC(=O)C(NC(=O)C(N)CC(=O)O)C(C)C)C(=O)NC(CC(C)C)C(=O)O. The molecule has 0 spiro atoms. The van der Waals surface area contributed by atoms with Crippen molar-refractivity contribution in [2.45, 2.75) is 85.0 Å². The molecule has 5 unspecified atom stereocenters. The maximum absolute atomic E-state index is 12.9. The van der Waals surface area contributed by atoms with Crippen LogP contribution in [0.5, 0.6) is 0 Å². The molecule has 0 aromatic carbocycles. The van der Waals surface area contributed by atoms with Gasteiger partial charge in [-0.1, -0.05) is 48.0 Å². The van der Waals surface area contributed by atoms with Crippen LogP contribution in [0.2, 0.25) is 0 Å². The standard InChI is InChI=1S/C21H38N4O7/c1-7-12(6)17(20(30)23-14(21(31)32)8-10(2)3)25-19(29)16(11(4)5)24-18(28)13(22)9-15(26)27/h10-14,16-17H,7-9,22H2,1-6H3,(H,23,30)(H,24,28)(H,25,29)(H,26,27)(H,31,32). The van der Waals surface area contributed by atoms with Crippen molar-refractivity contribution in [3.05, 3.63) is 0 Å². The molecular formula is C21H38N4O7. The summed E-state index contributed by atoms with van der Waals surface area (Å²) < 4.78 is 0. The Morgan fingerprint density at radius 1 is 0.812 bits per heavy atom. The molecular weight excluding hydrogens is 420 g/mol. The zero-order chi connectivity index (χ0) is 25.2. The number of rotatable bonds is 14. The van der Waals surface area contributed by atoms with Gasteiger partial charge in [-0.15, -0.1) is 0 Å². The number of nitrogens with one attached hydrogen (secondary N) is 3. The lowest BCUT2D eigenvalue weighted by molar-refractivity contribution is -0.143. The third-order valence-corrected chi connectivity index (χ3v) is 5.09. The van der Waals surface area contributed by atoms with Gasteiger partial charge in [0.15, 0.2) is 0 Å². The van der Waals surface area contributed by atoms with E-state index in [1.54, 1.807) is 20.8 Å². The summed E-state index contributed by atoms with van der Waals surface area (Å²) in [7, 11) is 0. The van der Waals surface area contributed by atoms with E-state index in [0.717, 1.165) is 0 Å². The van der Waals surface area contributed by atoms with Crippen LogP contribution in [0, 0.1) is 17.8 Å². The van der Waals surface area contributed by atoms with E-state index in [9.17, 15) is 29.1 Å². The number of amides is 3. The normalized spacial score (nSPS) is 15.9. The van der Waals surface area contributed by atoms with Gasteiger partial charge < -0.3 is 31.9 Å². The molecule has 0 aliphatic heterocycles. The summed E-state index contributed by atoms with van der Waals surface area (Å²) in [4.78, 5) is 60.3. The summed E-state index contributed by atoms with van der Waals surface area (Å²) in [5.41, 5.74) is 5.56. The number of aliphatic carboxylic acids is 2. The Kier molecular flexibility index (Phi) is 12.5. The Balaban J connectivity index is 5.50. The summed E-state index contributed by atoms with van der Waals surface area (Å²) in [5.74, 6) is -5.15. The molecule has 11 heteroatoms. The van der Waals surface area contributed by atoms with E-state index in [4.69, 9.17) is 10.8 Å². The predicted molar refractivity (Wildman–Crippen MR) is 117 cm³/mol. The van der Waals surface area contributed by atoms with Gasteiger partial charge in [-0.2, -0.15) is 0 Å². The Hall–Kier alpha value is -2.69. The number of nitrogens with two attached hydrogens (primary N) is 1. The summed E-state index contributed by atoms with van der Waals surface area (Å²) in [5, 5.41) is 25.7. The van der Waals surface area contributed by atoms with Crippen LogP contribution in [0.25, 0.3) is 0 Å². The second kappa shape index (κ2) is 13.7. The molecule has 0 saturated carbocycles. The zero-order valence-electron chi connectivity index (χ0n) is 19.7. The fraction of sp³-hybridized carbons (Fsp3) is 0.762. The quantitative estimate of drug-likeness (QED) is 0.211. The molecule has 0 heterocycles. The first-order valence-corrected chi connectivity index (χ1v) is 10.8. The smallest absolute Gasteiger partial charge is 0.326 e. The number of hydrogen-bond donors (Lipinski definition) is 6. The van der Waals surface area contributed by atoms with Crippen molar-refractivity contribution in [3.8, 4) is 0 Å². The summed E-state index contributed by atoms with van der Waals surface area (Å²) in [6, 6.07) is -4.51. The van der Waals surface area contributed by atoms with Crippen LogP contribution in [-0.2, 0) is 24.0 Å². The van der Waals surface area contributed by atoms with E-state index in [1.165, 1.54) is 0 Å². The van der Waals surface area contributed by atoms with Gasteiger partial charge in [-0.05, 0) is 24.2 Å². The second-order valence-electron chi connectivity index (χ2n) is 8.84. The van der Waals surface area contributed by atoms with Crippen LogP contribution in [0.4, 0.5) is 0 Å². The lowest BCUT2D eigenvalue weighted by atomic mass is 9.95. The van der Waals surface area contributed by atoms with E-state index < -0.39 is 60.2 Å². The Bertz CT molecular complexity index is 681. The average molecular weight is 459 g/mol. The van der Waals surface area contributed by atoms with E-state index in [2.05, 4.69) is 16.0 Å². The van der Waals surface area contributed by atoms with Gasteiger partial charge in [0, 0.05) is 0 Å². The van der Waals surface area contributed by atoms with E-state index >= 15 is 0 Å². The Morgan fingerprint density at radius 2 is 1.31 bits per heavy atom. The molecule has 0 fully saturated rings. The largest absolute Gasteiger partial charge is 0.481 e. The van der Waals surface area contributed by atoms with Crippen LogP contribution in [0.15, 0.2) is 0 Å². The lowest BCUT2D eigenvalue weighted by Gasteiger charge is -2.29. The number of hydrogen-bond acceptors (Lipinski definition) is 6. The molecule has 5 atom stereocenters. The molecule has 184 valence electrons. The minimum Gasteiger partial charge on any atom is -0.481 e. The molecule has 0 aliphatic rings.